The molecule has 0 saturated carbocycles. The van der Waals surface area contributed by atoms with Gasteiger partial charge in [0.05, 0.1) is 17.3 Å². The Morgan fingerprint density at radius 3 is 2.62 bits per heavy atom. The van der Waals surface area contributed by atoms with Crippen LogP contribution in [0.25, 0.3) is 16.3 Å². The van der Waals surface area contributed by atoms with Crippen molar-refractivity contribution in [1.82, 2.24) is 14.8 Å². The van der Waals surface area contributed by atoms with Crippen molar-refractivity contribution in [2.24, 2.45) is 4.99 Å². The number of aromatic nitrogens is 1. The molecule has 0 radical (unpaired) electrons. The van der Waals surface area contributed by atoms with Gasteiger partial charge in [0.15, 0.2) is 5.78 Å². The van der Waals surface area contributed by atoms with Gasteiger partial charge in [-0.15, -0.1) is 0 Å². The topological polar surface area (TPSA) is 140 Å². The zero-order chi connectivity index (χ0) is 28.7. The van der Waals surface area contributed by atoms with Gasteiger partial charge in [-0.3, -0.25) is 19.2 Å². The molecule has 2 aromatic carbocycles. The first-order valence-corrected chi connectivity index (χ1v) is 11.9. The minimum Gasteiger partial charge on any atom is -0.724 e. The average molecular weight is 557 g/mol. The molecule has 4 rings (SSSR count). The molecule has 2 amide bonds. The highest BCUT2D eigenvalue weighted by Gasteiger charge is 2.39. The second-order valence-electron chi connectivity index (χ2n) is 8.55. The van der Waals surface area contributed by atoms with E-state index in [1.54, 1.807) is 12.1 Å². The molecule has 1 aliphatic rings. The summed E-state index contributed by atoms with van der Waals surface area (Å²) in [5.41, 5.74) is 1.32. The molecule has 202 valence electrons. The number of fused-ring (bicyclic) bond motifs is 1. The summed E-state index contributed by atoms with van der Waals surface area (Å²) in [6.45, 7) is 0.684. The third-order valence-electron chi connectivity index (χ3n) is 6.08. The monoisotopic (exact) mass is 556 g/mol. The van der Waals surface area contributed by atoms with Gasteiger partial charge in [0.1, 0.15) is 24.6 Å². The van der Waals surface area contributed by atoms with E-state index in [9.17, 15) is 28.0 Å². The third kappa shape index (κ3) is 6.69. The number of isocyanates is 2. The number of carbonyl (C=O) groups is 3. The molecule has 0 unspecified atom stereocenters. The van der Waals surface area contributed by atoms with E-state index in [-0.39, 0.29) is 42.4 Å². The average Bonchev–Trinajstić information content (AvgIpc) is 3.46. The molecular formula is C26H21ClF2N5O5-. The fraction of sp³-hybridized carbons (Fsp3) is 0.269. The van der Waals surface area contributed by atoms with E-state index in [0.717, 1.165) is 4.90 Å². The Labute approximate surface area is 225 Å². The van der Waals surface area contributed by atoms with Crippen LogP contribution >= 0.6 is 11.6 Å². The van der Waals surface area contributed by atoms with E-state index in [1.165, 1.54) is 48.0 Å². The summed E-state index contributed by atoms with van der Waals surface area (Å²) in [6.07, 6.45) is 1.86. The second kappa shape index (κ2) is 12.8. The normalized spacial score (nSPS) is 16.1. The van der Waals surface area contributed by atoms with Crippen molar-refractivity contribution in [3.63, 3.8) is 0 Å². The van der Waals surface area contributed by atoms with E-state index in [2.05, 4.69) is 10.3 Å². The number of halogens is 3. The number of hydrogen-bond donors (Lipinski definition) is 1. The minimum atomic E-state index is -1.40. The van der Waals surface area contributed by atoms with Gasteiger partial charge in [-0.25, -0.2) is 13.6 Å². The third-order valence-corrected chi connectivity index (χ3v) is 6.37. The Balaban J connectivity index is 0.00000134. The number of benzene rings is 2. The standard InChI is InChI=1S/C25H21ClF2N4O4.CNO/c1-14(34)19-11-31(21-6-5-17(30-13-33)8-18(19)21)12-23(35)32-10-16(27)7-22(32)25(36)29-9-15-3-2-4-20(26)24(15)28;2-1-3/h2-6,8,11,16,22H,7,9-10,12H2,1H3,(H,29,36);/q;-1/t16-,22+;/m1./s1. The van der Waals surface area contributed by atoms with Gasteiger partial charge in [0.2, 0.25) is 17.9 Å². The first-order chi connectivity index (χ1) is 18.6. The molecule has 10 nitrogen and oxygen atoms in total. The summed E-state index contributed by atoms with van der Waals surface area (Å²) in [5, 5.41) is 9.73. The molecular weight excluding hydrogens is 536 g/mol. The van der Waals surface area contributed by atoms with Crippen LogP contribution in [0.5, 0.6) is 0 Å². The summed E-state index contributed by atoms with van der Waals surface area (Å²) in [4.78, 5) is 61.7. The summed E-state index contributed by atoms with van der Waals surface area (Å²) < 4.78 is 30.0. The fourth-order valence-electron chi connectivity index (χ4n) is 4.35. The summed E-state index contributed by atoms with van der Waals surface area (Å²) in [5.74, 6) is -2.05. The highest BCUT2D eigenvalue weighted by atomic mass is 35.5. The molecule has 0 aliphatic carbocycles. The van der Waals surface area contributed by atoms with E-state index < -0.39 is 29.8 Å². The summed E-state index contributed by atoms with van der Waals surface area (Å²) in [7, 11) is 0. The van der Waals surface area contributed by atoms with Crippen molar-refractivity contribution in [1.29, 1.82) is 0 Å². The van der Waals surface area contributed by atoms with Crippen LogP contribution in [0.2, 0.25) is 5.02 Å². The van der Waals surface area contributed by atoms with Crippen LogP contribution in [0.1, 0.15) is 29.3 Å². The Kier molecular flexibility index (Phi) is 9.57. The Morgan fingerprint density at radius 2 is 1.95 bits per heavy atom. The molecule has 13 heteroatoms. The largest absolute Gasteiger partial charge is 0.724 e. The van der Waals surface area contributed by atoms with E-state index in [1.807, 2.05) is 0 Å². The lowest BCUT2D eigenvalue weighted by atomic mass is 10.1. The first-order valence-electron chi connectivity index (χ1n) is 11.5. The van der Waals surface area contributed by atoms with Crippen molar-refractivity contribution < 1.29 is 32.8 Å². The molecule has 1 aliphatic heterocycles. The van der Waals surface area contributed by atoms with Crippen LogP contribution in [-0.2, 0) is 32.3 Å². The Morgan fingerprint density at radius 1 is 1.23 bits per heavy atom. The number of hydrogen-bond acceptors (Lipinski definition) is 6. The predicted molar refractivity (Wildman–Crippen MR) is 137 cm³/mol. The molecule has 1 saturated heterocycles. The van der Waals surface area contributed by atoms with Crippen molar-refractivity contribution in [2.45, 2.75) is 38.6 Å². The fourth-order valence-corrected chi connectivity index (χ4v) is 4.54. The SMILES string of the molecule is CC(=O)c1cn(CC(=O)N2C[C@H](F)C[C@H]2C(=O)NCc2cccc(Cl)c2F)c2ccc(N=C=O)cc12.[N-]=C=O. The summed E-state index contributed by atoms with van der Waals surface area (Å²) in [6, 6.07) is 8.00. The van der Waals surface area contributed by atoms with E-state index in [0.29, 0.717) is 28.2 Å². The van der Waals surface area contributed by atoms with Gasteiger partial charge in [-0.05, 0) is 37.3 Å². The number of amides is 2. The van der Waals surface area contributed by atoms with Gasteiger partial charge in [0, 0.05) is 41.2 Å². The second-order valence-corrected chi connectivity index (χ2v) is 8.96. The number of rotatable bonds is 7. The quantitative estimate of drug-likeness (QED) is 0.268. The molecule has 1 fully saturated rings. The predicted octanol–water partition coefficient (Wildman–Crippen LogP) is 3.75. The smallest absolute Gasteiger partial charge is 0.243 e. The molecule has 1 N–H and O–H groups in total. The number of ketones is 1. The van der Waals surface area contributed by atoms with Crippen molar-refractivity contribution in [2.75, 3.05) is 6.54 Å². The van der Waals surface area contributed by atoms with Crippen molar-refractivity contribution >= 4 is 57.9 Å². The van der Waals surface area contributed by atoms with Gasteiger partial charge in [-0.1, -0.05) is 23.7 Å². The van der Waals surface area contributed by atoms with Gasteiger partial charge in [0.25, 0.3) is 0 Å². The van der Waals surface area contributed by atoms with Crippen molar-refractivity contribution in [3.8, 4) is 0 Å². The maximum atomic E-state index is 14.3. The molecule has 0 spiro atoms. The van der Waals surface area contributed by atoms with E-state index in [4.69, 9.17) is 21.8 Å². The van der Waals surface area contributed by atoms with E-state index >= 15 is 0 Å². The number of nitrogens with zero attached hydrogens (tertiary/aromatic N) is 4. The minimum absolute atomic E-state index is 0.0859. The maximum absolute atomic E-state index is 14.3. The number of aliphatic imine (C=N–C) groups is 1. The number of Topliss-reactive ketones (excluding diaryl/α,β-unsaturated/α-hetero) is 1. The van der Waals surface area contributed by atoms with Crippen molar-refractivity contribution in [3.05, 3.63) is 70.0 Å². The maximum Gasteiger partial charge on any atom is 0.243 e. The van der Waals surface area contributed by atoms with Crippen LogP contribution in [0.3, 0.4) is 0 Å². The first kappa shape index (κ1) is 29.1. The zero-order valence-electron chi connectivity index (χ0n) is 20.5. The number of alkyl halides is 1. The van der Waals surface area contributed by atoms with Gasteiger partial charge in [-0.2, -0.15) is 4.99 Å². The molecule has 2 heterocycles. The highest BCUT2D eigenvalue weighted by Crippen LogP contribution is 2.28. The molecule has 0 bridgehead atoms. The molecule has 39 heavy (non-hydrogen) atoms. The zero-order valence-corrected chi connectivity index (χ0v) is 21.2. The van der Waals surface area contributed by atoms with Crippen LogP contribution in [-0.4, -0.2) is 58.0 Å². The lowest BCUT2D eigenvalue weighted by Crippen LogP contribution is -2.46. The molecule has 1 aromatic heterocycles. The van der Waals surface area contributed by atoms with Crippen LogP contribution < -0.4 is 5.32 Å². The Bertz CT molecular complexity index is 1510. The lowest BCUT2D eigenvalue weighted by Gasteiger charge is -2.24. The Hall–Kier alpha value is -4.50. The van der Waals surface area contributed by atoms with Gasteiger partial charge < -0.3 is 20.2 Å². The number of nitrogens with one attached hydrogen (secondary N) is 1. The number of likely N-dealkylation sites (tertiary alicyclic amines) is 1. The highest BCUT2D eigenvalue weighted by molar-refractivity contribution is 6.30. The summed E-state index contributed by atoms with van der Waals surface area (Å²) >= 11 is 5.77. The number of carbonyl (C=O) groups excluding carboxylic acids is 5. The lowest BCUT2D eigenvalue weighted by molar-refractivity contribution is -0.139. The molecule has 2 atom stereocenters. The van der Waals surface area contributed by atoms with Gasteiger partial charge >= 0.3 is 0 Å². The van der Waals surface area contributed by atoms with Crippen LogP contribution in [0.15, 0.2) is 47.6 Å². The van der Waals surface area contributed by atoms with Crippen LogP contribution in [0, 0.1) is 5.82 Å². The molecule has 3 aromatic rings. The van der Waals surface area contributed by atoms with Crippen LogP contribution in [0.4, 0.5) is 14.5 Å².